The first kappa shape index (κ1) is 12.2. The molecular weight excluding hydrogens is 205 g/mol. The van der Waals surface area contributed by atoms with E-state index in [9.17, 15) is 9.50 Å². The van der Waals surface area contributed by atoms with Gasteiger partial charge in [-0.2, -0.15) is 5.26 Å². The first-order valence-electron chi connectivity index (χ1n) is 4.79. The molecule has 0 unspecified atom stereocenters. The van der Waals surface area contributed by atoms with Gasteiger partial charge in [0.15, 0.2) is 0 Å². The molecule has 0 saturated heterocycles. The fourth-order valence-electron chi connectivity index (χ4n) is 1.12. The van der Waals surface area contributed by atoms with Crippen molar-refractivity contribution < 1.29 is 9.50 Å². The molecule has 0 atom stereocenters. The lowest BCUT2D eigenvalue weighted by Gasteiger charge is -2.06. The highest BCUT2D eigenvalue weighted by molar-refractivity contribution is 5.46. The summed E-state index contributed by atoms with van der Waals surface area (Å²) in [6, 6.07) is 4.56. The van der Waals surface area contributed by atoms with Crippen molar-refractivity contribution in [1.82, 2.24) is 0 Å². The van der Waals surface area contributed by atoms with Crippen molar-refractivity contribution in [3.63, 3.8) is 0 Å². The van der Waals surface area contributed by atoms with Gasteiger partial charge >= 0.3 is 0 Å². The second-order valence-electron chi connectivity index (χ2n) is 4.07. The molecule has 0 spiro atoms. The third-order valence-corrected chi connectivity index (χ3v) is 1.94. The minimum absolute atomic E-state index is 0.193. The Morgan fingerprint density at radius 1 is 1.31 bits per heavy atom. The highest BCUT2D eigenvalue weighted by atomic mass is 19.1. The molecular formula is C13H12FNO. The van der Waals surface area contributed by atoms with Gasteiger partial charge in [0.05, 0.1) is 17.2 Å². The summed E-state index contributed by atoms with van der Waals surface area (Å²) in [4.78, 5) is 0. The molecule has 2 nitrogen and oxygen atoms in total. The van der Waals surface area contributed by atoms with Crippen LogP contribution in [0.25, 0.3) is 0 Å². The Balaban J connectivity index is 3.22. The van der Waals surface area contributed by atoms with Crippen LogP contribution in [0, 0.1) is 35.9 Å². The van der Waals surface area contributed by atoms with Crippen molar-refractivity contribution in [2.75, 3.05) is 0 Å². The Hall–Kier alpha value is -1.84. The zero-order chi connectivity index (χ0) is 12.3. The molecule has 0 fully saturated rings. The predicted molar refractivity (Wildman–Crippen MR) is 59.0 cm³/mol. The lowest BCUT2D eigenvalue weighted by molar-refractivity contribution is 0.143. The van der Waals surface area contributed by atoms with Gasteiger partial charge in [-0.25, -0.2) is 4.39 Å². The van der Waals surface area contributed by atoms with Gasteiger partial charge < -0.3 is 5.11 Å². The third-order valence-electron chi connectivity index (χ3n) is 1.94. The zero-order valence-corrected chi connectivity index (χ0v) is 9.43. The van der Waals surface area contributed by atoms with Crippen molar-refractivity contribution >= 4 is 0 Å². The fourth-order valence-corrected chi connectivity index (χ4v) is 1.12. The van der Waals surface area contributed by atoms with Crippen LogP contribution in [0.2, 0.25) is 0 Å². The van der Waals surface area contributed by atoms with Gasteiger partial charge in [-0.3, -0.25) is 0 Å². The van der Waals surface area contributed by atoms with Gasteiger partial charge in [0, 0.05) is 0 Å². The molecule has 16 heavy (non-hydrogen) atoms. The number of nitriles is 1. The Kier molecular flexibility index (Phi) is 3.32. The average molecular weight is 217 g/mol. The van der Waals surface area contributed by atoms with E-state index in [-0.39, 0.29) is 5.56 Å². The summed E-state index contributed by atoms with van der Waals surface area (Å²) in [5.41, 5.74) is 0.00251. The summed E-state index contributed by atoms with van der Waals surface area (Å²) in [5, 5.41) is 18.1. The zero-order valence-electron chi connectivity index (χ0n) is 9.43. The Morgan fingerprint density at radius 3 is 2.44 bits per heavy atom. The Bertz CT molecular complexity index is 510. The van der Waals surface area contributed by atoms with Crippen molar-refractivity contribution in [2.24, 2.45) is 0 Å². The average Bonchev–Trinajstić information content (AvgIpc) is 2.17. The number of nitrogens with zero attached hydrogens (tertiary/aromatic N) is 1. The molecule has 82 valence electrons. The number of aliphatic hydroxyl groups is 1. The first-order valence-corrected chi connectivity index (χ1v) is 4.79. The summed E-state index contributed by atoms with van der Waals surface area (Å²) < 4.78 is 13.5. The summed E-state index contributed by atoms with van der Waals surface area (Å²) >= 11 is 0. The van der Waals surface area contributed by atoms with E-state index in [2.05, 4.69) is 11.8 Å². The number of aryl methyl sites for hydroxylation is 1. The van der Waals surface area contributed by atoms with Crippen molar-refractivity contribution in [2.45, 2.75) is 26.4 Å². The number of rotatable bonds is 0. The van der Waals surface area contributed by atoms with Crippen LogP contribution < -0.4 is 0 Å². The van der Waals surface area contributed by atoms with E-state index in [0.717, 1.165) is 6.07 Å². The molecule has 0 aliphatic rings. The quantitative estimate of drug-likeness (QED) is 0.676. The number of halogens is 1. The third kappa shape index (κ3) is 3.08. The summed E-state index contributed by atoms with van der Waals surface area (Å²) in [5.74, 6) is 4.54. The van der Waals surface area contributed by atoms with Gasteiger partial charge in [0.2, 0.25) is 0 Å². The molecule has 1 aromatic rings. The van der Waals surface area contributed by atoms with E-state index < -0.39 is 11.4 Å². The lowest BCUT2D eigenvalue weighted by Crippen LogP contribution is -2.14. The highest BCUT2D eigenvalue weighted by Gasteiger charge is 2.08. The first-order chi connectivity index (χ1) is 7.33. The maximum atomic E-state index is 13.5. The predicted octanol–water partition coefficient (Wildman–Crippen LogP) is 2.13. The SMILES string of the molecule is Cc1cc(C#CC(C)(C)O)c(F)cc1C#N. The van der Waals surface area contributed by atoms with Crippen LogP contribution >= 0.6 is 0 Å². The molecule has 0 radical (unpaired) electrons. The van der Waals surface area contributed by atoms with Gasteiger partial charge in [-0.15, -0.1) is 0 Å². The molecule has 0 aromatic heterocycles. The Labute approximate surface area is 94.3 Å². The van der Waals surface area contributed by atoms with Crippen LogP contribution in [0.15, 0.2) is 12.1 Å². The monoisotopic (exact) mass is 217 g/mol. The fraction of sp³-hybridized carbons (Fsp3) is 0.308. The van der Waals surface area contributed by atoms with Gasteiger partial charge in [0.1, 0.15) is 11.4 Å². The second kappa shape index (κ2) is 4.35. The van der Waals surface area contributed by atoms with Crippen LogP contribution in [0.1, 0.15) is 30.5 Å². The minimum atomic E-state index is -1.16. The van der Waals surface area contributed by atoms with Crippen LogP contribution in [0.5, 0.6) is 0 Å². The molecule has 0 aliphatic carbocycles. The number of hydrogen-bond acceptors (Lipinski definition) is 2. The van der Waals surface area contributed by atoms with Crippen molar-refractivity contribution in [1.29, 1.82) is 5.26 Å². The second-order valence-corrected chi connectivity index (χ2v) is 4.07. The maximum absolute atomic E-state index is 13.5. The molecule has 0 aliphatic heterocycles. The molecule has 1 rings (SSSR count). The van der Waals surface area contributed by atoms with Gasteiger partial charge in [-0.1, -0.05) is 11.8 Å². The molecule has 0 amide bonds. The lowest BCUT2D eigenvalue weighted by atomic mass is 10.0. The standard InChI is InChI=1S/C13H12FNO/c1-9-6-10(4-5-13(2,3)16)12(14)7-11(9)8-15/h6-7,16H,1-3H3. The molecule has 1 N–H and O–H groups in total. The number of benzene rings is 1. The van der Waals surface area contributed by atoms with Crippen molar-refractivity contribution in [3.8, 4) is 17.9 Å². The van der Waals surface area contributed by atoms with Crippen LogP contribution in [-0.4, -0.2) is 10.7 Å². The van der Waals surface area contributed by atoms with Crippen LogP contribution in [0.3, 0.4) is 0 Å². The van der Waals surface area contributed by atoms with E-state index in [1.54, 1.807) is 6.92 Å². The smallest absolute Gasteiger partial charge is 0.140 e. The molecule has 0 heterocycles. The maximum Gasteiger partial charge on any atom is 0.140 e. The highest BCUT2D eigenvalue weighted by Crippen LogP contribution is 2.14. The van der Waals surface area contributed by atoms with Crippen molar-refractivity contribution in [3.05, 3.63) is 34.6 Å². The Morgan fingerprint density at radius 2 is 1.94 bits per heavy atom. The van der Waals surface area contributed by atoms with E-state index >= 15 is 0 Å². The number of hydrogen-bond donors (Lipinski definition) is 1. The molecule has 0 bridgehead atoms. The minimum Gasteiger partial charge on any atom is -0.378 e. The van der Waals surface area contributed by atoms with Crippen LogP contribution in [-0.2, 0) is 0 Å². The van der Waals surface area contributed by atoms with Gasteiger partial charge in [0.25, 0.3) is 0 Å². The van der Waals surface area contributed by atoms with E-state index in [4.69, 9.17) is 5.26 Å². The van der Waals surface area contributed by atoms with Gasteiger partial charge in [-0.05, 0) is 38.5 Å². The summed E-state index contributed by atoms with van der Waals surface area (Å²) in [6.45, 7) is 4.76. The normalized spacial score (nSPS) is 10.2. The molecule has 0 saturated carbocycles. The largest absolute Gasteiger partial charge is 0.378 e. The summed E-state index contributed by atoms with van der Waals surface area (Å²) in [7, 11) is 0. The molecule has 3 heteroatoms. The summed E-state index contributed by atoms with van der Waals surface area (Å²) in [6.07, 6.45) is 0. The van der Waals surface area contributed by atoms with E-state index in [0.29, 0.717) is 11.1 Å². The topological polar surface area (TPSA) is 44.0 Å². The van der Waals surface area contributed by atoms with E-state index in [1.807, 2.05) is 6.07 Å². The van der Waals surface area contributed by atoms with E-state index in [1.165, 1.54) is 19.9 Å². The van der Waals surface area contributed by atoms with Crippen LogP contribution in [0.4, 0.5) is 4.39 Å². The molecule has 1 aromatic carbocycles.